The Bertz CT molecular complexity index is 1040. The summed E-state index contributed by atoms with van der Waals surface area (Å²) in [6.45, 7) is 2.17. The number of hydrogen-bond acceptors (Lipinski definition) is 6. The van der Waals surface area contributed by atoms with Crippen molar-refractivity contribution in [1.29, 1.82) is 0 Å². The van der Waals surface area contributed by atoms with Gasteiger partial charge in [-0.2, -0.15) is 0 Å². The van der Waals surface area contributed by atoms with Gasteiger partial charge in [0, 0.05) is 29.9 Å². The Morgan fingerprint density at radius 3 is 2.77 bits per heavy atom. The predicted octanol–water partition coefficient (Wildman–Crippen LogP) is 2.66. The molecule has 0 bridgehead atoms. The maximum Gasteiger partial charge on any atom is 0.255 e. The third-order valence-corrected chi connectivity index (χ3v) is 5.99. The zero-order chi connectivity index (χ0) is 21.8. The number of hydrogen-bond donors (Lipinski definition) is 5. The van der Waals surface area contributed by atoms with E-state index < -0.39 is 0 Å². The molecule has 31 heavy (non-hydrogen) atoms. The van der Waals surface area contributed by atoms with E-state index in [1.807, 2.05) is 38.2 Å². The second-order valence-corrected chi connectivity index (χ2v) is 8.11. The van der Waals surface area contributed by atoms with Crippen LogP contribution in [-0.4, -0.2) is 41.7 Å². The van der Waals surface area contributed by atoms with Crippen LogP contribution in [0.2, 0.25) is 0 Å². The summed E-state index contributed by atoms with van der Waals surface area (Å²) in [5.74, 6) is 6.78. The fourth-order valence-electron chi connectivity index (χ4n) is 4.45. The zero-order valence-electron chi connectivity index (χ0n) is 18.0. The van der Waals surface area contributed by atoms with Gasteiger partial charge in [-0.1, -0.05) is 36.8 Å². The van der Waals surface area contributed by atoms with E-state index in [2.05, 4.69) is 33.1 Å². The number of aryl methyl sites for hydroxylation is 1. The molecule has 5 N–H and O–H groups in total. The Balaban J connectivity index is 1.79. The number of rotatable bonds is 5. The maximum atomic E-state index is 12.7. The topological polar surface area (TPSA) is 98.3 Å². The molecule has 1 aliphatic carbocycles. The third-order valence-electron chi connectivity index (χ3n) is 5.99. The summed E-state index contributed by atoms with van der Waals surface area (Å²) in [5, 5.41) is 22.5. The zero-order valence-corrected chi connectivity index (χ0v) is 18.0. The fourth-order valence-corrected chi connectivity index (χ4v) is 4.45. The molecule has 2 aromatic rings. The van der Waals surface area contributed by atoms with Crippen LogP contribution in [0.25, 0.3) is 0 Å². The Labute approximate surface area is 183 Å². The maximum absolute atomic E-state index is 12.7. The van der Waals surface area contributed by atoms with Crippen LogP contribution >= 0.6 is 0 Å². The minimum atomic E-state index is -0.249. The quantitative estimate of drug-likeness (QED) is 0.478. The van der Waals surface area contributed by atoms with Gasteiger partial charge in [-0.05, 0) is 44.5 Å². The van der Waals surface area contributed by atoms with Crippen LogP contribution in [0, 0.1) is 18.8 Å². The molecule has 2 unspecified atom stereocenters. The average Bonchev–Trinajstić information content (AvgIpc) is 3.15. The van der Waals surface area contributed by atoms with Crippen LogP contribution in [-0.2, 0) is 6.54 Å². The normalized spacial score (nSPS) is 19.8. The van der Waals surface area contributed by atoms with Gasteiger partial charge < -0.3 is 26.4 Å². The van der Waals surface area contributed by atoms with Crippen LogP contribution < -0.4 is 21.3 Å². The third kappa shape index (κ3) is 4.50. The van der Waals surface area contributed by atoms with Gasteiger partial charge in [-0.3, -0.25) is 4.79 Å². The first-order valence-electron chi connectivity index (χ1n) is 10.8. The number of carbonyl (C=O) groups excluding carboxylic acids is 1. The first-order valence-corrected chi connectivity index (χ1v) is 10.8. The lowest BCUT2D eigenvalue weighted by molar-refractivity contribution is 0.0966. The number of nitrogens with one attached hydrogen (secondary N) is 4. The van der Waals surface area contributed by atoms with Gasteiger partial charge in [0.25, 0.3) is 5.91 Å². The van der Waals surface area contributed by atoms with E-state index >= 15 is 0 Å². The van der Waals surface area contributed by atoms with Crippen molar-refractivity contribution in [3.05, 3.63) is 46.5 Å². The van der Waals surface area contributed by atoms with E-state index in [0.29, 0.717) is 35.3 Å². The first-order chi connectivity index (χ1) is 15.1. The second kappa shape index (κ2) is 9.38. The van der Waals surface area contributed by atoms with Crippen LogP contribution in [0.3, 0.4) is 0 Å². The predicted molar refractivity (Wildman–Crippen MR) is 123 cm³/mol. The standard InChI is InChI=1S/C24H29N5O2/c1-15-7-5-8-16(13-15)27-23-21-18(14-26-24(21)31)17(9-6-12-30)22(29-23)28-20-11-4-3-10-19(20)25-2/h5,7-8,13,19-20,25,30H,3-4,10-12,14H2,1-2H3,(H,26,31)(H2,27,28,29). The van der Waals surface area contributed by atoms with E-state index in [0.717, 1.165) is 36.1 Å². The molecule has 1 fully saturated rings. The van der Waals surface area contributed by atoms with Crippen molar-refractivity contribution in [2.24, 2.45) is 0 Å². The second-order valence-electron chi connectivity index (χ2n) is 8.11. The molecule has 1 aromatic carbocycles. The molecule has 7 heteroatoms. The number of nitrogens with zero attached hydrogens (tertiary/aromatic N) is 1. The molecule has 0 radical (unpaired) electrons. The van der Waals surface area contributed by atoms with Crippen molar-refractivity contribution in [3.8, 4) is 11.8 Å². The highest BCUT2D eigenvalue weighted by molar-refractivity contribution is 6.04. The largest absolute Gasteiger partial charge is 0.384 e. The average molecular weight is 420 g/mol. The number of anilines is 3. The van der Waals surface area contributed by atoms with Gasteiger partial charge in [-0.15, -0.1) is 0 Å². The number of benzene rings is 1. The number of aliphatic hydroxyl groups is 1. The lowest BCUT2D eigenvalue weighted by Gasteiger charge is -2.33. The minimum Gasteiger partial charge on any atom is -0.384 e. The van der Waals surface area contributed by atoms with Crippen molar-refractivity contribution >= 4 is 23.2 Å². The number of likely N-dealkylation sites (N-methyl/N-ethyl adjacent to an activating group) is 1. The number of fused-ring (bicyclic) bond motifs is 1. The highest BCUT2D eigenvalue weighted by atomic mass is 16.2. The molecule has 1 aliphatic heterocycles. The monoisotopic (exact) mass is 419 g/mol. The molecule has 2 atom stereocenters. The Morgan fingerprint density at radius 1 is 1.23 bits per heavy atom. The van der Waals surface area contributed by atoms with Crippen LogP contribution in [0.5, 0.6) is 0 Å². The van der Waals surface area contributed by atoms with Crippen LogP contribution in [0.1, 0.15) is 52.7 Å². The molecule has 162 valence electrons. The van der Waals surface area contributed by atoms with Crippen molar-refractivity contribution in [2.45, 2.75) is 51.2 Å². The lowest BCUT2D eigenvalue weighted by Crippen LogP contribution is -2.45. The van der Waals surface area contributed by atoms with Crippen LogP contribution in [0.4, 0.5) is 17.3 Å². The van der Waals surface area contributed by atoms with Gasteiger partial charge in [0.05, 0.1) is 11.1 Å². The molecular formula is C24H29N5O2. The summed E-state index contributed by atoms with van der Waals surface area (Å²) >= 11 is 0. The fraction of sp³-hybridized carbons (Fsp3) is 0.417. The van der Waals surface area contributed by atoms with E-state index in [1.165, 1.54) is 6.42 Å². The van der Waals surface area contributed by atoms with Crippen molar-refractivity contribution < 1.29 is 9.90 Å². The molecule has 0 saturated heterocycles. The van der Waals surface area contributed by atoms with Gasteiger partial charge >= 0.3 is 0 Å². The summed E-state index contributed by atoms with van der Waals surface area (Å²) in [6, 6.07) is 8.53. The molecule has 2 heterocycles. The molecule has 7 nitrogen and oxygen atoms in total. The Kier molecular flexibility index (Phi) is 6.40. The summed E-state index contributed by atoms with van der Waals surface area (Å²) < 4.78 is 0. The summed E-state index contributed by atoms with van der Waals surface area (Å²) in [5.41, 5.74) is 4.01. The summed E-state index contributed by atoms with van der Waals surface area (Å²) in [6.07, 6.45) is 4.50. The van der Waals surface area contributed by atoms with Gasteiger partial charge in [0.1, 0.15) is 18.2 Å². The molecule has 1 aromatic heterocycles. The van der Waals surface area contributed by atoms with E-state index in [-0.39, 0.29) is 18.6 Å². The summed E-state index contributed by atoms with van der Waals surface area (Å²) in [7, 11) is 1.99. The molecular weight excluding hydrogens is 390 g/mol. The molecule has 1 amide bonds. The number of aliphatic hydroxyl groups excluding tert-OH is 1. The molecule has 2 aliphatic rings. The van der Waals surface area contributed by atoms with Crippen molar-refractivity contribution in [3.63, 3.8) is 0 Å². The number of amides is 1. The molecule has 4 rings (SSSR count). The summed E-state index contributed by atoms with van der Waals surface area (Å²) in [4.78, 5) is 17.5. The van der Waals surface area contributed by atoms with Gasteiger partial charge in [0.2, 0.25) is 0 Å². The van der Waals surface area contributed by atoms with E-state index in [1.54, 1.807) is 0 Å². The van der Waals surface area contributed by atoms with Gasteiger partial charge in [0.15, 0.2) is 0 Å². The van der Waals surface area contributed by atoms with Crippen molar-refractivity contribution in [1.82, 2.24) is 15.6 Å². The van der Waals surface area contributed by atoms with E-state index in [4.69, 9.17) is 4.98 Å². The smallest absolute Gasteiger partial charge is 0.255 e. The van der Waals surface area contributed by atoms with Gasteiger partial charge in [-0.25, -0.2) is 4.98 Å². The molecule has 1 saturated carbocycles. The number of pyridine rings is 1. The van der Waals surface area contributed by atoms with E-state index in [9.17, 15) is 9.90 Å². The first kappa shape index (κ1) is 21.2. The Morgan fingerprint density at radius 2 is 2.03 bits per heavy atom. The number of aromatic nitrogens is 1. The highest BCUT2D eigenvalue weighted by Gasteiger charge is 2.31. The Hall–Kier alpha value is -3.08. The van der Waals surface area contributed by atoms with Crippen molar-refractivity contribution in [2.75, 3.05) is 24.3 Å². The minimum absolute atomic E-state index is 0.165. The molecule has 0 spiro atoms. The SMILES string of the molecule is CNC1CCCCC1Nc1nc(Nc2cccc(C)c2)c2c(c1C#CCO)CNC2=O. The highest BCUT2D eigenvalue weighted by Crippen LogP contribution is 2.33. The number of carbonyl (C=O) groups is 1. The lowest BCUT2D eigenvalue weighted by atomic mass is 9.90. The van der Waals surface area contributed by atoms with Crippen LogP contribution in [0.15, 0.2) is 24.3 Å².